The van der Waals surface area contributed by atoms with E-state index in [1.165, 1.54) is 17.7 Å². The zero-order valence-electron chi connectivity index (χ0n) is 12.7. The van der Waals surface area contributed by atoms with E-state index in [4.69, 9.17) is 4.98 Å². The Morgan fingerprint density at radius 1 is 1.17 bits per heavy atom. The number of imidazole rings is 1. The fourth-order valence-corrected chi connectivity index (χ4v) is 3.70. The Bertz CT molecular complexity index is 740. The predicted molar refractivity (Wildman–Crippen MR) is 88.5 cm³/mol. The lowest BCUT2D eigenvalue weighted by molar-refractivity contribution is 0.200. The second-order valence-electron chi connectivity index (χ2n) is 5.81. The predicted octanol–water partition coefficient (Wildman–Crippen LogP) is 2.50. The Labute approximate surface area is 138 Å². The molecule has 7 heteroatoms. The summed E-state index contributed by atoms with van der Waals surface area (Å²) >= 11 is 1.72. The van der Waals surface area contributed by atoms with Gasteiger partial charge in [-0.1, -0.05) is 0 Å². The van der Waals surface area contributed by atoms with Gasteiger partial charge in [-0.2, -0.15) is 0 Å². The van der Waals surface area contributed by atoms with Gasteiger partial charge >= 0.3 is 0 Å². The van der Waals surface area contributed by atoms with Crippen molar-refractivity contribution in [2.24, 2.45) is 0 Å². The van der Waals surface area contributed by atoms with E-state index in [2.05, 4.69) is 19.9 Å². The number of likely N-dealkylation sites (tertiary alicyclic amines) is 1. The van der Waals surface area contributed by atoms with Crippen molar-refractivity contribution in [3.05, 3.63) is 53.4 Å². The van der Waals surface area contributed by atoms with E-state index in [0.717, 1.165) is 31.1 Å². The minimum absolute atomic E-state index is 0.438. The van der Waals surface area contributed by atoms with Crippen LogP contribution in [0.4, 0.5) is 0 Å². The summed E-state index contributed by atoms with van der Waals surface area (Å²) in [5.41, 5.74) is 2.97. The summed E-state index contributed by atoms with van der Waals surface area (Å²) in [6.07, 6.45) is 13.4. The maximum Gasteiger partial charge on any atom is 0.156 e. The van der Waals surface area contributed by atoms with Gasteiger partial charge in [0.15, 0.2) is 5.82 Å². The molecule has 0 radical (unpaired) electrons. The van der Waals surface area contributed by atoms with Crippen LogP contribution < -0.4 is 0 Å². The third-order valence-electron chi connectivity index (χ3n) is 4.20. The van der Waals surface area contributed by atoms with Gasteiger partial charge in [-0.15, -0.1) is 11.3 Å². The molecule has 3 aromatic heterocycles. The van der Waals surface area contributed by atoms with E-state index in [1.807, 2.05) is 28.7 Å². The first kappa shape index (κ1) is 14.5. The third-order valence-corrected chi connectivity index (χ3v) is 4.96. The van der Waals surface area contributed by atoms with Crippen LogP contribution in [0.15, 0.2) is 42.8 Å². The summed E-state index contributed by atoms with van der Waals surface area (Å²) in [4.78, 5) is 21.2. The molecule has 1 fully saturated rings. The van der Waals surface area contributed by atoms with Crippen LogP contribution in [0.2, 0.25) is 0 Å². The fourth-order valence-electron chi connectivity index (χ4n) is 3.07. The number of hydrogen-bond acceptors (Lipinski definition) is 6. The number of piperidine rings is 1. The molecule has 6 nitrogen and oxygen atoms in total. The van der Waals surface area contributed by atoms with Gasteiger partial charge in [-0.25, -0.2) is 9.97 Å². The quantitative estimate of drug-likeness (QED) is 0.737. The normalized spacial score (nSPS) is 19.0. The van der Waals surface area contributed by atoms with Crippen molar-refractivity contribution in [3.63, 3.8) is 0 Å². The number of hydrogen-bond donors (Lipinski definition) is 0. The third kappa shape index (κ3) is 3.30. The molecular weight excluding hydrogens is 308 g/mol. The molecule has 118 valence electrons. The van der Waals surface area contributed by atoms with Crippen LogP contribution in [-0.2, 0) is 6.54 Å². The SMILES string of the molecule is c1cn(-c2cncc([C@H]3CCCN(Cc4cncs4)C3)n2)cn1. The molecule has 0 aliphatic carbocycles. The minimum Gasteiger partial charge on any atom is -0.298 e. The lowest BCUT2D eigenvalue weighted by Gasteiger charge is -2.32. The summed E-state index contributed by atoms with van der Waals surface area (Å²) in [6.45, 7) is 3.15. The van der Waals surface area contributed by atoms with E-state index < -0.39 is 0 Å². The van der Waals surface area contributed by atoms with E-state index in [1.54, 1.807) is 30.1 Å². The van der Waals surface area contributed by atoms with Crippen molar-refractivity contribution in [1.29, 1.82) is 0 Å². The molecule has 0 saturated carbocycles. The van der Waals surface area contributed by atoms with Crippen molar-refractivity contribution in [2.75, 3.05) is 13.1 Å². The Balaban J connectivity index is 1.50. The molecule has 0 aromatic carbocycles. The maximum atomic E-state index is 4.79. The lowest BCUT2D eigenvalue weighted by atomic mass is 9.95. The van der Waals surface area contributed by atoms with Gasteiger partial charge in [0.1, 0.15) is 6.33 Å². The fraction of sp³-hybridized carbons (Fsp3) is 0.375. The highest BCUT2D eigenvalue weighted by Gasteiger charge is 2.23. The molecule has 3 aromatic rings. The molecule has 0 N–H and O–H groups in total. The van der Waals surface area contributed by atoms with Gasteiger partial charge in [0.2, 0.25) is 0 Å². The average Bonchev–Trinajstić information content (AvgIpc) is 3.29. The molecule has 4 rings (SSSR count). The summed E-state index contributed by atoms with van der Waals surface area (Å²) < 4.78 is 1.90. The molecule has 23 heavy (non-hydrogen) atoms. The number of nitrogens with zero attached hydrogens (tertiary/aromatic N) is 6. The van der Waals surface area contributed by atoms with Crippen LogP contribution in [-0.4, -0.2) is 42.5 Å². The Kier molecular flexibility index (Phi) is 4.12. The molecule has 1 aliphatic rings. The van der Waals surface area contributed by atoms with E-state index in [9.17, 15) is 0 Å². The van der Waals surface area contributed by atoms with Crippen molar-refractivity contribution in [2.45, 2.75) is 25.3 Å². The Morgan fingerprint density at radius 2 is 2.17 bits per heavy atom. The molecule has 0 spiro atoms. The maximum absolute atomic E-state index is 4.79. The first-order valence-electron chi connectivity index (χ1n) is 7.78. The number of rotatable bonds is 4. The Hall–Kier alpha value is -2.12. The second kappa shape index (κ2) is 6.55. The first-order valence-corrected chi connectivity index (χ1v) is 8.66. The van der Waals surface area contributed by atoms with Gasteiger partial charge in [-0.05, 0) is 19.4 Å². The van der Waals surface area contributed by atoms with Gasteiger partial charge in [0.05, 0.1) is 17.4 Å². The van der Waals surface area contributed by atoms with Gasteiger partial charge in [0, 0.05) is 48.7 Å². The lowest BCUT2D eigenvalue weighted by Crippen LogP contribution is -2.34. The van der Waals surface area contributed by atoms with Crippen LogP contribution in [0, 0.1) is 0 Å². The van der Waals surface area contributed by atoms with Gasteiger partial charge < -0.3 is 0 Å². The van der Waals surface area contributed by atoms with E-state index in [-0.39, 0.29) is 0 Å². The molecule has 4 heterocycles. The second-order valence-corrected chi connectivity index (χ2v) is 6.79. The van der Waals surface area contributed by atoms with Crippen LogP contribution in [0.3, 0.4) is 0 Å². The zero-order valence-corrected chi connectivity index (χ0v) is 13.6. The molecule has 0 bridgehead atoms. The van der Waals surface area contributed by atoms with Crippen molar-refractivity contribution < 1.29 is 0 Å². The Morgan fingerprint density at radius 3 is 3.00 bits per heavy atom. The molecule has 1 aliphatic heterocycles. The van der Waals surface area contributed by atoms with Crippen LogP contribution in [0.5, 0.6) is 0 Å². The van der Waals surface area contributed by atoms with Crippen LogP contribution >= 0.6 is 11.3 Å². The number of thiazole rings is 1. The largest absolute Gasteiger partial charge is 0.298 e. The zero-order chi connectivity index (χ0) is 15.5. The van der Waals surface area contributed by atoms with Crippen LogP contribution in [0.1, 0.15) is 29.3 Å². The average molecular weight is 326 g/mol. The highest BCUT2D eigenvalue weighted by Crippen LogP contribution is 2.27. The summed E-state index contributed by atoms with van der Waals surface area (Å²) in [5, 5.41) is 0. The summed E-state index contributed by atoms with van der Waals surface area (Å²) in [7, 11) is 0. The molecular formula is C16H18N6S. The van der Waals surface area contributed by atoms with E-state index >= 15 is 0 Å². The number of aromatic nitrogens is 5. The molecule has 0 unspecified atom stereocenters. The highest BCUT2D eigenvalue weighted by atomic mass is 32.1. The van der Waals surface area contributed by atoms with Crippen molar-refractivity contribution >= 4 is 11.3 Å². The van der Waals surface area contributed by atoms with Crippen LogP contribution in [0.25, 0.3) is 5.82 Å². The molecule has 1 atom stereocenters. The van der Waals surface area contributed by atoms with Gasteiger partial charge in [-0.3, -0.25) is 19.4 Å². The standard InChI is InChI=1S/C16H18N6S/c1-2-13(9-21(4-1)10-14-6-19-12-23-14)15-7-18-8-16(20-15)22-5-3-17-11-22/h3,5-8,11-13H,1-2,4,9-10H2/t13-/m0/s1. The van der Waals surface area contributed by atoms with Crippen molar-refractivity contribution in [1.82, 2.24) is 29.4 Å². The summed E-state index contributed by atoms with van der Waals surface area (Å²) in [5.74, 6) is 1.27. The van der Waals surface area contributed by atoms with Gasteiger partial charge in [0.25, 0.3) is 0 Å². The minimum atomic E-state index is 0.438. The topological polar surface area (TPSA) is 59.7 Å². The first-order chi connectivity index (χ1) is 11.4. The monoisotopic (exact) mass is 326 g/mol. The molecule has 1 saturated heterocycles. The van der Waals surface area contributed by atoms with E-state index in [0.29, 0.717) is 5.92 Å². The van der Waals surface area contributed by atoms with Crippen molar-refractivity contribution in [3.8, 4) is 5.82 Å². The highest BCUT2D eigenvalue weighted by molar-refractivity contribution is 7.09. The smallest absolute Gasteiger partial charge is 0.156 e. The molecule has 0 amide bonds. The summed E-state index contributed by atoms with van der Waals surface area (Å²) in [6, 6.07) is 0.